The van der Waals surface area contributed by atoms with Gasteiger partial charge in [0.2, 0.25) is 0 Å². The smallest absolute Gasteiger partial charge is 0.0781 e. The van der Waals surface area contributed by atoms with Crippen LogP contribution in [-0.2, 0) is 18.9 Å². The normalized spacial score (nSPS) is 16.0. The molecule has 0 aromatic carbocycles. The molecule has 0 fully saturated rings. The van der Waals surface area contributed by atoms with Crippen LogP contribution < -0.4 is 0 Å². The Labute approximate surface area is 137 Å². The maximum absolute atomic E-state index is 5.75. The summed E-state index contributed by atoms with van der Waals surface area (Å²) in [5, 5.41) is 0. The Kier molecular flexibility index (Phi) is 14.3. The van der Waals surface area contributed by atoms with Crippen LogP contribution >= 0.6 is 0 Å². The van der Waals surface area contributed by atoms with Crippen LogP contribution in [0.2, 0.25) is 0 Å². The molecule has 0 saturated heterocycles. The number of ether oxygens (including phenoxy) is 4. The molecule has 134 valence electrons. The van der Waals surface area contributed by atoms with Gasteiger partial charge in [0, 0.05) is 13.2 Å². The van der Waals surface area contributed by atoms with Gasteiger partial charge in [0.05, 0.1) is 38.1 Å². The Morgan fingerprint density at radius 2 is 1.14 bits per heavy atom. The highest BCUT2D eigenvalue weighted by Gasteiger charge is 2.10. The molecule has 0 saturated carbocycles. The molecule has 0 N–H and O–H groups in total. The predicted octanol–water partition coefficient (Wildman–Crippen LogP) is 4.06. The van der Waals surface area contributed by atoms with Crippen molar-refractivity contribution in [3.8, 4) is 0 Å². The molecule has 0 bridgehead atoms. The van der Waals surface area contributed by atoms with E-state index in [9.17, 15) is 0 Å². The van der Waals surface area contributed by atoms with Crippen LogP contribution in [0.5, 0.6) is 0 Å². The van der Waals surface area contributed by atoms with Gasteiger partial charge < -0.3 is 18.9 Å². The Hall–Kier alpha value is -0.160. The quantitative estimate of drug-likeness (QED) is 0.427. The Balaban J connectivity index is 3.52. The van der Waals surface area contributed by atoms with Crippen LogP contribution in [0.3, 0.4) is 0 Å². The van der Waals surface area contributed by atoms with E-state index in [0.29, 0.717) is 25.7 Å². The molecule has 0 radical (unpaired) electrons. The van der Waals surface area contributed by atoms with Gasteiger partial charge in [-0.1, -0.05) is 33.6 Å². The summed E-state index contributed by atoms with van der Waals surface area (Å²) < 4.78 is 22.8. The molecular formula is C18H38O4. The molecule has 0 aromatic rings. The van der Waals surface area contributed by atoms with E-state index in [-0.39, 0.29) is 18.3 Å². The van der Waals surface area contributed by atoms with E-state index in [2.05, 4.69) is 20.8 Å². The van der Waals surface area contributed by atoms with Crippen molar-refractivity contribution >= 4 is 0 Å². The highest BCUT2D eigenvalue weighted by molar-refractivity contribution is 4.56. The standard InChI is InChI=1S/C18H38O4/c1-7-8-9-10-19-12-16(4)21-14-18(6)22-13-17(5)20-11-15(2)3/h15-18H,7-14H2,1-6H3. The molecule has 4 heteroatoms. The van der Waals surface area contributed by atoms with Gasteiger partial charge >= 0.3 is 0 Å². The number of unbranched alkanes of at least 4 members (excludes halogenated alkanes) is 2. The first kappa shape index (κ1) is 21.8. The van der Waals surface area contributed by atoms with Crippen molar-refractivity contribution in [2.45, 2.75) is 79.1 Å². The summed E-state index contributed by atoms with van der Waals surface area (Å²) in [5.41, 5.74) is 0. The zero-order chi connectivity index (χ0) is 16.8. The highest BCUT2D eigenvalue weighted by atomic mass is 16.6. The molecule has 22 heavy (non-hydrogen) atoms. The van der Waals surface area contributed by atoms with Crippen LogP contribution in [0.4, 0.5) is 0 Å². The van der Waals surface area contributed by atoms with Gasteiger partial charge in [-0.15, -0.1) is 0 Å². The molecule has 0 heterocycles. The Morgan fingerprint density at radius 3 is 1.64 bits per heavy atom. The maximum Gasteiger partial charge on any atom is 0.0781 e. The van der Waals surface area contributed by atoms with E-state index < -0.39 is 0 Å². The van der Waals surface area contributed by atoms with E-state index in [1.54, 1.807) is 0 Å². The van der Waals surface area contributed by atoms with Crippen LogP contribution in [-0.4, -0.2) is 51.3 Å². The van der Waals surface area contributed by atoms with Gasteiger partial charge in [-0.3, -0.25) is 0 Å². The van der Waals surface area contributed by atoms with E-state index >= 15 is 0 Å². The topological polar surface area (TPSA) is 36.9 Å². The van der Waals surface area contributed by atoms with Gasteiger partial charge in [-0.25, -0.2) is 0 Å². The summed E-state index contributed by atoms with van der Waals surface area (Å²) in [6.07, 6.45) is 3.91. The van der Waals surface area contributed by atoms with E-state index in [4.69, 9.17) is 18.9 Å². The SMILES string of the molecule is CCCCCOCC(C)OCC(C)OCC(C)OCC(C)C. The lowest BCUT2D eigenvalue weighted by Crippen LogP contribution is -2.27. The fourth-order valence-electron chi connectivity index (χ4n) is 1.80. The van der Waals surface area contributed by atoms with E-state index in [1.165, 1.54) is 12.8 Å². The lowest BCUT2D eigenvalue weighted by molar-refractivity contribution is -0.0821. The second-order valence-electron chi connectivity index (χ2n) is 6.61. The van der Waals surface area contributed by atoms with Crippen molar-refractivity contribution in [3.63, 3.8) is 0 Å². The maximum atomic E-state index is 5.75. The first-order chi connectivity index (χ1) is 10.5. The molecule has 0 amide bonds. The molecular weight excluding hydrogens is 280 g/mol. The summed E-state index contributed by atoms with van der Waals surface area (Å²) in [6.45, 7) is 16.1. The van der Waals surface area contributed by atoms with Crippen LogP contribution in [0.25, 0.3) is 0 Å². The Bertz CT molecular complexity index is 233. The first-order valence-electron chi connectivity index (χ1n) is 8.88. The van der Waals surface area contributed by atoms with Gasteiger partial charge in [0.1, 0.15) is 0 Å². The lowest BCUT2D eigenvalue weighted by atomic mass is 10.2. The minimum Gasteiger partial charge on any atom is -0.379 e. The number of hydrogen-bond acceptors (Lipinski definition) is 4. The van der Waals surface area contributed by atoms with Crippen LogP contribution in [0.15, 0.2) is 0 Å². The molecule has 0 aliphatic rings. The largest absolute Gasteiger partial charge is 0.379 e. The predicted molar refractivity (Wildman–Crippen MR) is 91.4 cm³/mol. The van der Waals surface area contributed by atoms with Gasteiger partial charge in [0.25, 0.3) is 0 Å². The fraction of sp³-hybridized carbons (Fsp3) is 1.00. The average Bonchev–Trinajstić information content (AvgIpc) is 2.48. The van der Waals surface area contributed by atoms with Gasteiger partial charge in [-0.05, 0) is 33.1 Å². The summed E-state index contributed by atoms with van der Waals surface area (Å²) in [4.78, 5) is 0. The van der Waals surface area contributed by atoms with Gasteiger partial charge in [0.15, 0.2) is 0 Å². The zero-order valence-electron chi connectivity index (χ0n) is 15.6. The molecule has 0 spiro atoms. The first-order valence-corrected chi connectivity index (χ1v) is 8.88. The third-order valence-electron chi connectivity index (χ3n) is 3.19. The highest BCUT2D eigenvalue weighted by Crippen LogP contribution is 2.03. The monoisotopic (exact) mass is 318 g/mol. The second kappa shape index (κ2) is 14.4. The molecule has 3 unspecified atom stereocenters. The average molecular weight is 318 g/mol. The van der Waals surface area contributed by atoms with Crippen molar-refractivity contribution in [1.29, 1.82) is 0 Å². The molecule has 0 aliphatic heterocycles. The summed E-state index contributed by atoms with van der Waals surface area (Å²) in [5.74, 6) is 0.557. The molecule has 0 aliphatic carbocycles. The summed E-state index contributed by atoms with van der Waals surface area (Å²) >= 11 is 0. The third kappa shape index (κ3) is 14.8. The fourth-order valence-corrected chi connectivity index (χ4v) is 1.80. The van der Waals surface area contributed by atoms with Crippen molar-refractivity contribution in [2.24, 2.45) is 5.92 Å². The van der Waals surface area contributed by atoms with Crippen molar-refractivity contribution in [1.82, 2.24) is 0 Å². The molecule has 0 rings (SSSR count). The Morgan fingerprint density at radius 1 is 0.636 bits per heavy atom. The minimum atomic E-state index is 0.0765. The minimum absolute atomic E-state index is 0.0765. The van der Waals surface area contributed by atoms with Crippen LogP contribution in [0, 0.1) is 5.92 Å². The third-order valence-corrected chi connectivity index (χ3v) is 3.19. The summed E-state index contributed by atoms with van der Waals surface area (Å²) in [7, 11) is 0. The van der Waals surface area contributed by atoms with Gasteiger partial charge in [-0.2, -0.15) is 0 Å². The number of hydrogen-bond donors (Lipinski definition) is 0. The van der Waals surface area contributed by atoms with Crippen molar-refractivity contribution in [2.75, 3.05) is 33.0 Å². The second-order valence-corrected chi connectivity index (χ2v) is 6.61. The van der Waals surface area contributed by atoms with Crippen LogP contribution in [0.1, 0.15) is 60.8 Å². The van der Waals surface area contributed by atoms with Crippen molar-refractivity contribution in [3.05, 3.63) is 0 Å². The van der Waals surface area contributed by atoms with E-state index in [0.717, 1.165) is 19.6 Å². The molecule has 4 nitrogen and oxygen atoms in total. The summed E-state index contributed by atoms with van der Waals surface area (Å²) in [6, 6.07) is 0. The van der Waals surface area contributed by atoms with E-state index in [1.807, 2.05) is 20.8 Å². The van der Waals surface area contributed by atoms with Crippen molar-refractivity contribution < 1.29 is 18.9 Å². The number of rotatable bonds is 15. The molecule has 0 aromatic heterocycles. The molecule has 3 atom stereocenters. The lowest BCUT2D eigenvalue weighted by Gasteiger charge is -2.20. The zero-order valence-corrected chi connectivity index (χ0v) is 15.6.